The van der Waals surface area contributed by atoms with Crippen LogP contribution < -0.4 is 10.2 Å². The van der Waals surface area contributed by atoms with Crippen LogP contribution in [0, 0.1) is 0 Å². The normalized spacial score (nSPS) is 26.4. The number of rotatable bonds is 4. The molecule has 0 N–H and O–H groups in total. The molecule has 0 bridgehead atoms. The topological polar surface area (TPSA) is 36.9 Å². The Kier molecular flexibility index (Phi) is 4.23. The van der Waals surface area contributed by atoms with Crippen LogP contribution in [0.3, 0.4) is 0 Å². The fourth-order valence-corrected chi connectivity index (χ4v) is 2.67. The first-order valence-corrected chi connectivity index (χ1v) is 8.07. The molecule has 2 fully saturated rings. The molecule has 4 nitrogen and oxygen atoms in total. The number of benzene rings is 1. The van der Waals surface area contributed by atoms with Crippen LogP contribution in [0.25, 0.3) is 0 Å². The van der Waals surface area contributed by atoms with E-state index in [1.54, 1.807) is 0 Å². The molecular weight excluding hydrogens is 279 g/mol. The first kappa shape index (κ1) is 15.8. The quantitative estimate of drug-likeness (QED) is 0.801. The van der Waals surface area contributed by atoms with E-state index in [1.807, 2.05) is 24.3 Å². The highest BCUT2D eigenvalue weighted by Crippen LogP contribution is 2.36. The average molecular weight is 304 g/mol. The van der Waals surface area contributed by atoms with Crippen molar-refractivity contribution in [1.82, 2.24) is 0 Å². The second-order valence-electron chi connectivity index (χ2n) is 7.10. The molecule has 0 saturated carbocycles. The molecule has 1 aromatic rings. The Labute approximate surface area is 133 Å². The summed E-state index contributed by atoms with van der Waals surface area (Å²) in [5.41, 5.74) is 0.391. The van der Waals surface area contributed by atoms with Gasteiger partial charge in [0.15, 0.2) is 0 Å². The van der Waals surface area contributed by atoms with E-state index in [2.05, 4.69) is 27.7 Å². The van der Waals surface area contributed by atoms with Crippen LogP contribution in [0.2, 0.25) is 0 Å². The van der Waals surface area contributed by atoms with Gasteiger partial charge in [-0.2, -0.15) is 0 Å². The van der Waals surface area contributed by atoms with Gasteiger partial charge >= 0.3 is 7.12 Å². The molecule has 0 amide bonds. The van der Waals surface area contributed by atoms with Crippen molar-refractivity contribution in [3.05, 3.63) is 24.3 Å². The highest BCUT2D eigenvalue weighted by molar-refractivity contribution is 6.62. The summed E-state index contributed by atoms with van der Waals surface area (Å²) in [6.45, 7) is 9.72. The average Bonchev–Trinajstić information content (AvgIpc) is 3.04. The van der Waals surface area contributed by atoms with Crippen molar-refractivity contribution >= 4 is 12.6 Å². The van der Waals surface area contributed by atoms with E-state index in [1.165, 1.54) is 0 Å². The van der Waals surface area contributed by atoms with Gasteiger partial charge < -0.3 is 18.8 Å². The monoisotopic (exact) mass is 304 g/mol. The van der Waals surface area contributed by atoms with E-state index >= 15 is 0 Å². The van der Waals surface area contributed by atoms with Gasteiger partial charge in [-0.25, -0.2) is 0 Å². The molecule has 0 spiro atoms. The molecule has 1 aromatic carbocycles. The summed E-state index contributed by atoms with van der Waals surface area (Å²) in [6, 6.07) is 7.95. The van der Waals surface area contributed by atoms with Crippen LogP contribution >= 0.6 is 0 Å². The predicted octanol–water partition coefficient (Wildman–Crippen LogP) is 2.54. The lowest BCUT2D eigenvalue weighted by Crippen LogP contribution is -2.41. The van der Waals surface area contributed by atoms with Crippen LogP contribution in [0.1, 0.15) is 40.5 Å². The molecule has 120 valence electrons. The van der Waals surface area contributed by atoms with Gasteiger partial charge in [-0.1, -0.05) is 12.1 Å². The van der Waals surface area contributed by atoms with Crippen molar-refractivity contribution in [2.75, 3.05) is 13.2 Å². The second-order valence-corrected chi connectivity index (χ2v) is 7.10. The molecule has 2 saturated heterocycles. The molecule has 0 aliphatic carbocycles. The molecular formula is C17H25BO4. The van der Waals surface area contributed by atoms with Crippen molar-refractivity contribution < 1.29 is 18.8 Å². The lowest BCUT2D eigenvalue weighted by Gasteiger charge is -2.32. The largest absolute Gasteiger partial charge is 0.494 e. The van der Waals surface area contributed by atoms with Gasteiger partial charge in [0.2, 0.25) is 0 Å². The Morgan fingerprint density at radius 3 is 2.27 bits per heavy atom. The van der Waals surface area contributed by atoms with Crippen LogP contribution in [-0.4, -0.2) is 37.6 Å². The SMILES string of the molecule is CC1(C)OB(c2ccc(OCC3CCCO3)cc2)OC1(C)C. The van der Waals surface area contributed by atoms with Gasteiger partial charge in [0.05, 0.1) is 17.3 Å². The van der Waals surface area contributed by atoms with Crippen molar-refractivity contribution in [2.45, 2.75) is 57.8 Å². The molecule has 0 aromatic heterocycles. The van der Waals surface area contributed by atoms with Gasteiger partial charge in [0.1, 0.15) is 12.4 Å². The Morgan fingerprint density at radius 2 is 1.73 bits per heavy atom. The van der Waals surface area contributed by atoms with Gasteiger partial charge in [-0.15, -0.1) is 0 Å². The van der Waals surface area contributed by atoms with E-state index in [4.69, 9.17) is 18.8 Å². The molecule has 1 unspecified atom stereocenters. The molecule has 5 heteroatoms. The third-order valence-corrected chi connectivity index (χ3v) is 4.87. The van der Waals surface area contributed by atoms with E-state index in [-0.39, 0.29) is 24.4 Å². The van der Waals surface area contributed by atoms with Crippen LogP contribution in [0.15, 0.2) is 24.3 Å². The lowest BCUT2D eigenvalue weighted by atomic mass is 9.79. The van der Waals surface area contributed by atoms with Crippen molar-refractivity contribution in [2.24, 2.45) is 0 Å². The zero-order valence-corrected chi connectivity index (χ0v) is 13.9. The molecule has 0 radical (unpaired) electrons. The van der Waals surface area contributed by atoms with Crippen molar-refractivity contribution in [1.29, 1.82) is 0 Å². The summed E-state index contributed by atoms with van der Waals surface area (Å²) in [5, 5.41) is 0. The van der Waals surface area contributed by atoms with Gasteiger partial charge in [0, 0.05) is 6.61 Å². The summed E-state index contributed by atoms with van der Waals surface area (Å²) < 4.78 is 23.4. The molecule has 1 atom stereocenters. The fourth-order valence-electron chi connectivity index (χ4n) is 2.67. The molecule has 22 heavy (non-hydrogen) atoms. The number of hydrogen-bond acceptors (Lipinski definition) is 4. The van der Waals surface area contributed by atoms with Gasteiger partial charge in [-0.3, -0.25) is 0 Å². The fraction of sp³-hybridized carbons (Fsp3) is 0.647. The highest BCUT2D eigenvalue weighted by atomic mass is 16.7. The van der Waals surface area contributed by atoms with Crippen LogP contribution in [0.5, 0.6) is 5.75 Å². The maximum Gasteiger partial charge on any atom is 0.494 e. The van der Waals surface area contributed by atoms with E-state index in [9.17, 15) is 0 Å². The first-order chi connectivity index (χ1) is 10.4. The third-order valence-electron chi connectivity index (χ3n) is 4.87. The Morgan fingerprint density at radius 1 is 1.09 bits per heavy atom. The summed E-state index contributed by atoms with van der Waals surface area (Å²) in [5.74, 6) is 0.857. The summed E-state index contributed by atoms with van der Waals surface area (Å²) in [4.78, 5) is 0. The maximum atomic E-state index is 6.05. The standard InChI is InChI=1S/C17H25BO4/c1-16(2)17(3,4)22-18(21-16)13-7-9-14(10-8-13)20-12-15-6-5-11-19-15/h7-10,15H,5-6,11-12H2,1-4H3. The molecule has 2 heterocycles. The first-order valence-electron chi connectivity index (χ1n) is 8.07. The molecule has 3 rings (SSSR count). The minimum atomic E-state index is -0.322. The Balaban J connectivity index is 1.60. The minimum absolute atomic E-state index is 0.239. The van der Waals surface area contributed by atoms with Crippen molar-refractivity contribution in [3.63, 3.8) is 0 Å². The smallest absolute Gasteiger partial charge is 0.491 e. The number of ether oxygens (including phenoxy) is 2. The van der Waals surface area contributed by atoms with E-state index < -0.39 is 0 Å². The zero-order valence-electron chi connectivity index (χ0n) is 13.9. The molecule has 2 aliphatic heterocycles. The second kappa shape index (κ2) is 5.87. The Bertz CT molecular complexity index is 490. The van der Waals surface area contributed by atoms with E-state index in [0.29, 0.717) is 6.61 Å². The Hall–Kier alpha value is -1.04. The predicted molar refractivity (Wildman–Crippen MR) is 86.6 cm³/mol. The zero-order chi connectivity index (χ0) is 15.8. The van der Waals surface area contributed by atoms with Gasteiger partial charge in [-0.05, 0) is 58.1 Å². The summed E-state index contributed by atoms with van der Waals surface area (Å²) >= 11 is 0. The highest BCUT2D eigenvalue weighted by Gasteiger charge is 2.51. The van der Waals surface area contributed by atoms with Crippen LogP contribution in [0.4, 0.5) is 0 Å². The molecule has 2 aliphatic rings. The minimum Gasteiger partial charge on any atom is -0.491 e. The summed E-state index contributed by atoms with van der Waals surface area (Å²) in [6.07, 6.45) is 2.46. The third kappa shape index (κ3) is 3.17. The van der Waals surface area contributed by atoms with Crippen molar-refractivity contribution in [3.8, 4) is 5.75 Å². The van der Waals surface area contributed by atoms with Gasteiger partial charge in [0.25, 0.3) is 0 Å². The number of hydrogen-bond donors (Lipinski definition) is 0. The van der Waals surface area contributed by atoms with E-state index in [0.717, 1.165) is 30.7 Å². The maximum absolute atomic E-state index is 6.05. The van der Waals surface area contributed by atoms with Crippen LogP contribution in [-0.2, 0) is 14.0 Å². The summed E-state index contributed by atoms with van der Waals surface area (Å²) in [7, 11) is -0.322. The lowest BCUT2D eigenvalue weighted by molar-refractivity contribution is 0.00578.